The molecule has 1 fully saturated rings. The predicted molar refractivity (Wildman–Crippen MR) is 95.8 cm³/mol. The normalized spacial score (nSPS) is 32.2. The average Bonchev–Trinajstić information content (AvgIpc) is 2.59. The predicted octanol–water partition coefficient (Wildman–Crippen LogP) is 2.60. The molecule has 0 radical (unpaired) electrons. The quantitative estimate of drug-likeness (QED) is 0.639. The van der Waals surface area contributed by atoms with Gasteiger partial charge < -0.3 is 24.1 Å². The maximum atomic E-state index is 11.3. The number of benzene rings is 1. The van der Waals surface area contributed by atoms with E-state index in [2.05, 4.69) is 13.8 Å². The maximum Gasteiger partial charge on any atom is 0.165 e. The van der Waals surface area contributed by atoms with Crippen molar-refractivity contribution < 1.29 is 28.8 Å². The van der Waals surface area contributed by atoms with Crippen molar-refractivity contribution in [2.24, 2.45) is 11.3 Å². The summed E-state index contributed by atoms with van der Waals surface area (Å²) in [4.78, 5) is 11.3. The molecule has 144 valence electrons. The summed E-state index contributed by atoms with van der Waals surface area (Å²) in [6.45, 7) is 6.35. The van der Waals surface area contributed by atoms with Crippen molar-refractivity contribution >= 4 is 6.29 Å². The Morgan fingerprint density at radius 2 is 2.04 bits per heavy atom. The molecule has 0 aromatic heterocycles. The minimum absolute atomic E-state index is 0.0966. The Morgan fingerprint density at radius 1 is 1.31 bits per heavy atom. The van der Waals surface area contributed by atoms with Gasteiger partial charge in [-0.25, -0.2) is 0 Å². The smallest absolute Gasteiger partial charge is 0.165 e. The van der Waals surface area contributed by atoms with Crippen LogP contribution in [-0.2, 0) is 15.9 Å². The standard InChI is InChI=1S/C20H28O6/c1-19(2)16-8-13-6-12(10-21)7-15(24-5)17(13)26-20(16,3)9-14(22)18(19)25-11-23-4/h6-7,10,14,16,18,22H,8-9,11H2,1-5H3/t14?,16-,18-,20-/m1/s1. The van der Waals surface area contributed by atoms with E-state index in [1.165, 1.54) is 0 Å². The van der Waals surface area contributed by atoms with E-state index < -0.39 is 11.7 Å². The summed E-state index contributed by atoms with van der Waals surface area (Å²) >= 11 is 0. The molecular weight excluding hydrogens is 336 g/mol. The molecule has 0 amide bonds. The fourth-order valence-corrected chi connectivity index (χ4v) is 4.83. The van der Waals surface area contributed by atoms with Crippen LogP contribution >= 0.6 is 0 Å². The number of carbonyl (C=O) groups excluding carboxylic acids is 1. The third-order valence-electron chi connectivity index (χ3n) is 5.97. The molecule has 6 nitrogen and oxygen atoms in total. The Balaban J connectivity index is 2.03. The van der Waals surface area contributed by atoms with Crippen molar-refractivity contribution in [1.29, 1.82) is 0 Å². The van der Waals surface area contributed by atoms with Gasteiger partial charge in [0.2, 0.25) is 0 Å². The monoisotopic (exact) mass is 364 g/mol. The van der Waals surface area contributed by atoms with Crippen LogP contribution in [0.5, 0.6) is 11.5 Å². The van der Waals surface area contributed by atoms with E-state index >= 15 is 0 Å². The molecule has 1 aromatic carbocycles. The van der Waals surface area contributed by atoms with Gasteiger partial charge in [-0.15, -0.1) is 0 Å². The number of ether oxygens (including phenoxy) is 4. The largest absolute Gasteiger partial charge is 0.493 e. The van der Waals surface area contributed by atoms with Gasteiger partial charge in [-0.3, -0.25) is 4.79 Å². The molecule has 1 aliphatic carbocycles. The number of hydrogen-bond donors (Lipinski definition) is 1. The molecule has 6 heteroatoms. The highest BCUT2D eigenvalue weighted by Crippen LogP contribution is 2.55. The highest BCUT2D eigenvalue weighted by molar-refractivity contribution is 5.77. The number of rotatable bonds is 5. The van der Waals surface area contributed by atoms with Gasteiger partial charge in [-0.05, 0) is 31.0 Å². The number of fused-ring (bicyclic) bond motifs is 2. The molecule has 1 aliphatic heterocycles. The molecule has 26 heavy (non-hydrogen) atoms. The van der Waals surface area contributed by atoms with Crippen molar-refractivity contribution in [2.75, 3.05) is 21.0 Å². The topological polar surface area (TPSA) is 74.2 Å². The van der Waals surface area contributed by atoms with E-state index in [-0.39, 0.29) is 24.2 Å². The average molecular weight is 364 g/mol. The Hall–Kier alpha value is -1.63. The molecule has 4 atom stereocenters. The number of aliphatic hydroxyl groups is 1. The molecule has 0 saturated heterocycles. The van der Waals surface area contributed by atoms with Crippen molar-refractivity contribution in [2.45, 2.75) is 51.4 Å². The van der Waals surface area contributed by atoms with Crippen LogP contribution in [0, 0.1) is 11.3 Å². The molecule has 2 aliphatic rings. The summed E-state index contributed by atoms with van der Waals surface area (Å²) < 4.78 is 22.7. The number of aldehydes is 1. The Labute approximate surface area is 154 Å². The van der Waals surface area contributed by atoms with Crippen LogP contribution in [0.2, 0.25) is 0 Å². The first-order valence-corrected chi connectivity index (χ1v) is 8.90. The van der Waals surface area contributed by atoms with E-state index in [0.29, 0.717) is 23.5 Å². The third-order valence-corrected chi connectivity index (χ3v) is 5.97. The molecule has 0 spiro atoms. The van der Waals surface area contributed by atoms with Gasteiger partial charge in [0.1, 0.15) is 18.7 Å². The van der Waals surface area contributed by atoms with Crippen molar-refractivity contribution in [3.8, 4) is 11.5 Å². The molecule has 1 heterocycles. The Bertz CT molecular complexity index is 685. The van der Waals surface area contributed by atoms with Gasteiger partial charge in [0.15, 0.2) is 11.5 Å². The van der Waals surface area contributed by atoms with Crippen LogP contribution in [0.1, 0.15) is 43.1 Å². The first-order chi connectivity index (χ1) is 12.3. The number of aliphatic hydroxyl groups excluding tert-OH is 1. The second-order valence-electron chi connectivity index (χ2n) is 8.09. The van der Waals surface area contributed by atoms with Gasteiger partial charge in [0.05, 0.1) is 19.3 Å². The fourth-order valence-electron chi connectivity index (χ4n) is 4.83. The van der Waals surface area contributed by atoms with Gasteiger partial charge >= 0.3 is 0 Å². The van der Waals surface area contributed by atoms with Gasteiger partial charge in [0.25, 0.3) is 0 Å². The molecule has 3 rings (SSSR count). The van der Waals surface area contributed by atoms with E-state index in [1.54, 1.807) is 20.3 Å². The molecule has 1 aromatic rings. The Morgan fingerprint density at radius 3 is 2.65 bits per heavy atom. The van der Waals surface area contributed by atoms with Crippen LogP contribution < -0.4 is 9.47 Å². The minimum Gasteiger partial charge on any atom is -0.493 e. The minimum atomic E-state index is -0.664. The van der Waals surface area contributed by atoms with E-state index in [9.17, 15) is 9.90 Å². The van der Waals surface area contributed by atoms with E-state index in [1.807, 2.05) is 13.0 Å². The SMILES string of the molecule is COCO[C@@H]1C(O)C[C@@]2(C)Oc3c(cc(C=O)cc3OC)C[C@@H]2C1(C)C. The number of carbonyl (C=O) groups is 1. The summed E-state index contributed by atoms with van der Waals surface area (Å²) in [6.07, 6.45) is 0.964. The Kier molecular flexibility index (Phi) is 5.03. The lowest BCUT2D eigenvalue weighted by atomic mass is 9.56. The first kappa shape index (κ1) is 19.1. The number of methoxy groups -OCH3 is 2. The molecule has 1 unspecified atom stereocenters. The summed E-state index contributed by atoms with van der Waals surface area (Å²) in [6, 6.07) is 3.54. The summed E-state index contributed by atoms with van der Waals surface area (Å²) in [7, 11) is 3.13. The van der Waals surface area contributed by atoms with Crippen LogP contribution in [0.15, 0.2) is 12.1 Å². The lowest BCUT2D eigenvalue weighted by molar-refractivity contribution is -0.226. The number of hydrogen-bond acceptors (Lipinski definition) is 6. The van der Waals surface area contributed by atoms with Crippen LogP contribution in [0.25, 0.3) is 0 Å². The summed E-state index contributed by atoms with van der Waals surface area (Å²) in [5, 5.41) is 10.8. The maximum absolute atomic E-state index is 11.3. The van der Waals surface area contributed by atoms with Crippen molar-refractivity contribution in [3.05, 3.63) is 23.3 Å². The van der Waals surface area contributed by atoms with Gasteiger partial charge in [0, 0.05) is 30.4 Å². The zero-order valence-corrected chi connectivity index (χ0v) is 16.1. The first-order valence-electron chi connectivity index (χ1n) is 8.90. The lowest BCUT2D eigenvalue weighted by Gasteiger charge is -2.57. The zero-order valence-electron chi connectivity index (χ0n) is 16.1. The van der Waals surface area contributed by atoms with E-state index in [0.717, 1.165) is 18.3 Å². The van der Waals surface area contributed by atoms with E-state index in [4.69, 9.17) is 18.9 Å². The summed E-state index contributed by atoms with van der Waals surface area (Å²) in [5.41, 5.74) is 0.601. The molecular formula is C20H28O6. The highest BCUT2D eigenvalue weighted by Gasteiger charge is 2.59. The van der Waals surface area contributed by atoms with Crippen molar-refractivity contribution in [1.82, 2.24) is 0 Å². The zero-order chi connectivity index (χ0) is 19.1. The summed E-state index contributed by atoms with van der Waals surface area (Å²) in [5.74, 6) is 1.31. The molecule has 1 N–H and O–H groups in total. The second kappa shape index (κ2) is 6.83. The lowest BCUT2D eigenvalue weighted by Crippen LogP contribution is -2.64. The third kappa shape index (κ3) is 3.00. The fraction of sp³-hybridized carbons (Fsp3) is 0.650. The molecule has 1 saturated carbocycles. The van der Waals surface area contributed by atoms with Gasteiger partial charge in [-0.2, -0.15) is 0 Å². The van der Waals surface area contributed by atoms with Crippen LogP contribution in [0.3, 0.4) is 0 Å². The van der Waals surface area contributed by atoms with Crippen LogP contribution in [-0.4, -0.2) is 50.2 Å². The molecule has 0 bridgehead atoms. The second-order valence-corrected chi connectivity index (χ2v) is 8.09. The van der Waals surface area contributed by atoms with Crippen LogP contribution in [0.4, 0.5) is 0 Å². The van der Waals surface area contributed by atoms with Crippen molar-refractivity contribution in [3.63, 3.8) is 0 Å². The highest BCUT2D eigenvalue weighted by atomic mass is 16.7. The van der Waals surface area contributed by atoms with Gasteiger partial charge in [-0.1, -0.05) is 13.8 Å².